The van der Waals surface area contributed by atoms with Gasteiger partial charge in [-0.1, -0.05) is 12.1 Å². The Morgan fingerprint density at radius 2 is 1.88 bits per heavy atom. The van der Waals surface area contributed by atoms with E-state index in [2.05, 4.69) is 4.99 Å². The van der Waals surface area contributed by atoms with Crippen molar-refractivity contribution in [2.24, 2.45) is 4.99 Å². The Balaban J connectivity index is 2.61. The molecule has 0 aliphatic carbocycles. The number of benzene rings is 1. The molecule has 16 heavy (non-hydrogen) atoms. The maximum atomic E-state index is 5.20. The third kappa shape index (κ3) is 3.64. The topological polar surface area (TPSA) is 40.0 Å². The summed E-state index contributed by atoms with van der Waals surface area (Å²) in [5, 5.41) is 0. The zero-order chi connectivity index (χ0) is 11.8. The van der Waals surface area contributed by atoms with Gasteiger partial charge in [0.2, 0.25) is 0 Å². The zero-order valence-electron chi connectivity index (χ0n) is 9.84. The molecule has 0 radical (unpaired) electrons. The van der Waals surface area contributed by atoms with E-state index in [9.17, 15) is 0 Å². The summed E-state index contributed by atoms with van der Waals surface area (Å²) in [6, 6.07) is 7.69. The summed E-state index contributed by atoms with van der Waals surface area (Å²) >= 11 is 0. The van der Waals surface area contributed by atoms with Crippen LogP contribution in [-0.2, 0) is 9.47 Å². The Morgan fingerprint density at radius 3 is 2.50 bits per heavy atom. The number of hydrogen-bond acceptors (Lipinski definition) is 4. The minimum Gasteiger partial charge on any atom is -0.496 e. The van der Waals surface area contributed by atoms with Gasteiger partial charge in [0.05, 0.1) is 13.7 Å². The summed E-state index contributed by atoms with van der Waals surface area (Å²) in [5.74, 6) is 0.803. The van der Waals surface area contributed by atoms with Gasteiger partial charge in [0.15, 0.2) is 6.29 Å². The monoisotopic (exact) mass is 223 g/mol. The average Bonchev–Trinajstić information content (AvgIpc) is 2.35. The highest BCUT2D eigenvalue weighted by Gasteiger charge is 2.02. The number of rotatable bonds is 6. The van der Waals surface area contributed by atoms with E-state index in [-0.39, 0.29) is 6.29 Å². The molecule has 0 unspecified atom stereocenters. The molecule has 0 fully saturated rings. The second-order valence-corrected chi connectivity index (χ2v) is 3.14. The van der Waals surface area contributed by atoms with Crippen LogP contribution in [0.4, 0.5) is 0 Å². The summed E-state index contributed by atoms with van der Waals surface area (Å²) in [7, 11) is 4.82. The molecular formula is C12H17NO3. The van der Waals surface area contributed by atoms with E-state index < -0.39 is 0 Å². The zero-order valence-corrected chi connectivity index (χ0v) is 9.84. The van der Waals surface area contributed by atoms with E-state index in [4.69, 9.17) is 14.2 Å². The van der Waals surface area contributed by atoms with Crippen LogP contribution in [0.25, 0.3) is 0 Å². The van der Waals surface area contributed by atoms with Crippen molar-refractivity contribution in [3.05, 3.63) is 29.8 Å². The van der Waals surface area contributed by atoms with E-state index in [1.165, 1.54) is 0 Å². The van der Waals surface area contributed by atoms with Crippen LogP contribution in [0.1, 0.15) is 5.56 Å². The van der Waals surface area contributed by atoms with Crippen LogP contribution in [0, 0.1) is 0 Å². The Labute approximate surface area is 95.9 Å². The fourth-order valence-corrected chi connectivity index (χ4v) is 1.26. The predicted octanol–water partition coefficient (Wildman–Crippen LogP) is 1.73. The summed E-state index contributed by atoms with van der Waals surface area (Å²) in [4.78, 5) is 4.24. The third-order valence-corrected chi connectivity index (χ3v) is 2.15. The molecule has 0 amide bonds. The van der Waals surface area contributed by atoms with Gasteiger partial charge in [-0.15, -0.1) is 0 Å². The number of hydrogen-bond donors (Lipinski definition) is 0. The molecule has 0 heterocycles. The lowest BCUT2D eigenvalue weighted by atomic mass is 10.2. The largest absolute Gasteiger partial charge is 0.496 e. The van der Waals surface area contributed by atoms with Crippen LogP contribution in [-0.4, -0.2) is 40.4 Å². The number of aliphatic imine (C=N–C) groups is 1. The third-order valence-electron chi connectivity index (χ3n) is 2.15. The number of ether oxygens (including phenoxy) is 3. The quantitative estimate of drug-likeness (QED) is 0.544. The smallest absolute Gasteiger partial charge is 0.176 e. The van der Waals surface area contributed by atoms with Gasteiger partial charge >= 0.3 is 0 Å². The molecule has 0 aromatic heterocycles. The van der Waals surface area contributed by atoms with Crippen molar-refractivity contribution in [3.8, 4) is 5.75 Å². The second-order valence-electron chi connectivity index (χ2n) is 3.14. The van der Waals surface area contributed by atoms with Crippen LogP contribution in [0.2, 0.25) is 0 Å². The van der Waals surface area contributed by atoms with Crippen molar-refractivity contribution in [2.75, 3.05) is 27.9 Å². The number of nitrogens with zero attached hydrogens (tertiary/aromatic N) is 1. The van der Waals surface area contributed by atoms with Crippen molar-refractivity contribution < 1.29 is 14.2 Å². The maximum Gasteiger partial charge on any atom is 0.176 e. The van der Waals surface area contributed by atoms with E-state index in [1.54, 1.807) is 27.5 Å². The molecule has 0 spiro atoms. The number of para-hydroxylation sites is 1. The molecule has 4 nitrogen and oxygen atoms in total. The van der Waals surface area contributed by atoms with Crippen LogP contribution < -0.4 is 4.74 Å². The second kappa shape index (κ2) is 6.98. The lowest BCUT2D eigenvalue weighted by Crippen LogP contribution is -2.16. The average molecular weight is 223 g/mol. The molecule has 1 aromatic rings. The molecule has 1 aromatic carbocycles. The molecule has 88 valence electrons. The van der Waals surface area contributed by atoms with Crippen molar-refractivity contribution >= 4 is 6.21 Å². The molecule has 0 atom stereocenters. The molecule has 0 aliphatic rings. The molecule has 0 bridgehead atoms. The maximum absolute atomic E-state index is 5.20. The van der Waals surface area contributed by atoms with Crippen molar-refractivity contribution in [2.45, 2.75) is 6.29 Å². The Bertz CT molecular complexity index is 335. The molecule has 1 rings (SSSR count). The molecule has 0 saturated heterocycles. The SMILES string of the molecule is COc1ccccc1C=NCC(OC)OC. The minimum absolute atomic E-state index is 0.300. The van der Waals surface area contributed by atoms with Gasteiger partial charge in [0.25, 0.3) is 0 Å². The summed E-state index contributed by atoms with van der Waals surface area (Å²) in [6.07, 6.45) is 1.45. The van der Waals surface area contributed by atoms with Gasteiger partial charge in [-0.2, -0.15) is 0 Å². The van der Waals surface area contributed by atoms with Crippen LogP contribution >= 0.6 is 0 Å². The first-order valence-corrected chi connectivity index (χ1v) is 5.00. The fraction of sp³-hybridized carbons (Fsp3) is 0.417. The van der Waals surface area contributed by atoms with Crippen LogP contribution in [0.3, 0.4) is 0 Å². The first-order valence-electron chi connectivity index (χ1n) is 5.00. The van der Waals surface area contributed by atoms with Crippen molar-refractivity contribution in [1.82, 2.24) is 0 Å². The highest BCUT2D eigenvalue weighted by atomic mass is 16.7. The molecule has 0 saturated carbocycles. The normalized spacial score (nSPS) is 11.2. The first kappa shape index (κ1) is 12.7. The van der Waals surface area contributed by atoms with Crippen molar-refractivity contribution in [3.63, 3.8) is 0 Å². The standard InChI is InChI=1S/C12H17NO3/c1-14-11-7-5-4-6-10(11)8-13-9-12(15-2)16-3/h4-8,12H,9H2,1-3H3. The van der Waals surface area contributed by atoms with Crippen molar-refractivity contribution in [1.29, 1.82) is 0 Å². The summed E-state index contributed by atoms with van der Waals surface area (Å²) in [6.45, 7) is 0.463. The van der Waals surface area contributed by atoms with Gasteiger partial charge < -0.3 is 14.2 Å². The predicted molar refractivity (Wildman–Crippen MR) is 63.3 cm³/mol. The molecule has 0 N–H and O–H groups in total. The fourth-order valence-electron chi connectivity index (χ4n) is 1.26. The first-order chi connectivity index (χ1) is 7.81. The van der Waals surface area contributed by atoms with E-state index in [0.717, 1.165) is 11.3 Å². The molecular weight excluding hydrogens is 206 g/mol. The molecule has 0 aliphatic heterocycles. The highest BCUT2D eigenvalue weighted by molar-refractivity contribution is 5.83. The van der Waals surface area contributed by atoms with E-state index >= 15 is 0 Å². The lowest BCUT2D eigenvalue weighted by Gasteiger charge is -2.09. The highest BCUT2D eigenvalue weighted by Crippen LogP contribution is 2.14. The summed E-state index contributed by atoms with van der Waals surface area (Å²) in [5.41, 5.74) is 0.941. The number of methoxy groups -OCH3 is 3. The Morgan fingerprint density at radius 1 is 1.19 bits per heavy atom. The summed E-state index contributed by atoms with van der Waals surface area (Å²) < 4.78 is 15.3. The van der Waals surface area contributed by atoms with Gasteiger partial charge in [0, 0.05) is 26.0 Å². The van der Waals surface area contributed by atoms with Gasteiger partial charge in [-0.05, 0) is 12.1 Å². The van der Waals surface area contributed by atoms with Gasteiger partial charge in [-0.25, -0.2) is 0 Å². The van der Waals surface area contributed by atoms with E-state index in [1.807, 2.05) is 24.3 Å². The van der Waals surface area contributed by atoms with Gasteiger partial charge in [0.1, 0.15) is 5.75 Å². The van der Waals surface area contributed by atoms with Crippen LogP contribution in [0.15, 0.2) is 29.3 Å². The Hall–Kier alpha value is -1.39. The molecule has 4 heteroatoms. The Kier molecular flexibility index (Phi) is 5.53. The van der Waals surface area contributed by atoms with Gasteiger partial charge in [-0.3, -0.25) is 4.99 Å². The van der Waals surface area contributed by atoms with E-state index in [0.29, 0.717) is 6.54 Å². The lowest BCUT2D eigenvalue weighted by molar-refractivity contribution is -0.0936. The van der Waals surface area contributed by atoms with Crippen LogP contribution in [0.5, 0.6) is 5.75 Å². The minimum atomic E-state index is -0.300.